The average molecular weight is 722 g/mol. The Hall–Kier alpha value is -4.12. The van der Waals surface area contributed by atoms with Crippen molar-refractivity contribution in [1.82, 2.24) is 26.2 Å². The highest BCUT2D eigenvalue weighted by Gasteiger charge is 2.48. The first-order valence-electron chi connectivity index (χ1n) is 18.4. The van der Waals surface area contributed by atoms with Gasteiger partial charge < -0.3 is 31.3 Å². The number of amides is 5. The van der Waals surface area contributed by atoms with Crippen molar-refractivity contribution in [3.05, 3.63) is 64.7 Å². The summed E-state index contributed by atoms with van der Waals surface area (Å²) in [7, 11) is 0. The Labute approximate surface area is 305 Å². The number of rotatable bonds is 6. The highest BCUT2D eigenvalue weighted by Crippen LogP contribution is 2.44. The molecule has 1 saturated carbocycles. The third-order valence-corrected chi connectivity index (χ3v) is 11.1. The Kier molecular flexibility index (Phi) is 12.7. The van der Waals surface area contributed by atoms with Crippen molar-refractivity contribution >= 4 is 41.1 Å². The van der Waals surface area contributed by atoms with E-state index >= 15 is 0 Å². The van der Waals surface area contributed by atoms with Gasteiger partial charge in [-0.3, -0.25) is 24.0 Å². The van der Waals surface area contributed by atoms with Gasteiger partial charge in [0.1, 0.15) is 17.8 Å². The fourth-order valence-electron chi connectivity index (χ4n) is 7.52. The molecule has 5 atom stereocenters. The number of nitrogens with zero attached hydrogens (tertiary/aromatic N) is 1. The number of nitrogens with one attached hydrogen (secondary N) is 4. The van der Waals surface area contributed by atoms with Crippen molar-refractivity contribution in [3.8, 4) is 5.75 Å². The first-order valence-corrected chi connectivity index (χ1v) is 18.7. The lowest BCUT2D eigenvalue weighted by atomic mass is 9.63. The van der Waals surface area contributed by atoms with E-state index in [1.54, 1.807) is 41.3 Å². The summed E-state index contributed by atoms with van der Waals surface area (Å²) in [6.07, 6.45) is 4.88. The zero-order valence-electron chi connectivity index (χ0n) is 29.9. The van der Waals surface area contributed by atoms with Gasteiger partial charge in [-0.1, -0.05) is 63.1 Å². The van der Waals surface area contributed by atoms with Crippen molar-refractivity contribution in [3.63, 3.8) is 0 Å². The molecule has 1 aliphatic carbocycles. The smallest absolute Gasteiger partial charge is 0.243 e. The van der Waals surface area contributed by atoms with Crippen LogP contribution < -0.4 is 21.3 Å². The predicted octanol–water partition coefficient (Wildman–Crippen LogP) is 4.14. The van der Waals surface area contributed by atoms with Crippen molar-refractivity contribution in [2.45, 2.75) is 115 Å². The van der Waals surface area contributed by atoms with Gasteiger partial charge >= 0.3 is 0 Å². The highest BCUT2D eigenvalue weighted by molar-refractivity contribution is 6.30. The van der Waals surface area contributed by atoms with Crippen molar-refractivity contribution < 1.29 is 29.1 Å². The van der Waals surface area contributed by atoms with Crippen LogP contribution in [0.5, 0.6) is 5.75 Å². The minimum atomic E-state index is -0.828. The first-order chi connectivity index (χ1) is 24.3. The van der Waals surface area contributed by atoms with Gasteiger partial charge in [0, 0.05) is 49.5 Å². The molecule has 11 nitrogen and oxygen atoms in total. The second-order valence-corrected chi connectivity index (χ2v) is 15.5. The average Bonchev–Trinajstić information content (AvgIpc) is 3.49. The van der Waals surface area contributed by atoms with Crippen LogP contribution in [0.2, 0.25) is 5.02 Å². The van der Waals surface area contributed by atoms with Gasteiger partial charge in [0.05, 0.1) is 5.41 Å². The van der Waals surface area contributed by atoms with Gasteiger partial charge in [0.25, 0.3) is 0 Å². The van der Waals surface area contributed by atoms with Crippen LogP contribution in [0.1, 0.15) is 89.7 Å². The molecule has 0 bridgehead atoms. The zero-order valence-corrected chi connectivity index (χ0v) is 30.6. The van der Waals surface area contributed by atoms with Crippen LogP contribution >= 0.6 is 11.6 Å². The van der Waals surface area contributed by atoms with Gasteiger partial charge in [-0.05, 0) is 85.8 Å². The molecule has 2 aliphatic heterocycles. The molecule has 0 radical (unpaired) electrons. The van der Waals surface area contributed by atoms with Gasteiger partial charge in [-0.2, -0.15) is 0 Å². The maximum absolute atomic E-state index is 13.9. The highest BCUT2D eigenvalue weighted by atomic mass is 35.5. The summed E-state index contributed by atoms with van der Waals surface area (Å²) in [6, 6.07) is 11.8. The van der Waals surface area contributed by atoms with E-state index in [9.17, 15) is 29.1 Å². The molecule has 2 saturated heterocycles. The topological polar surface area (TPSA) is 157 Å². The molecular weight excluding hydrogens is 670 g/mol. The second kappa shape index (κ2) is 16.9. The van der Waals surface area contributed by atoms with Gasteiger partial charge in [-0.15, -0.1) is 0 Å². The standard InChI is InChI=1S/C39H52ClN5O6/c1-24(2)31-16-7-25(3)20-34(47)43-32(21-26-8-14-30(46)15-9-26)36(49)41-19-4-6-35(48)45-23-29(22-33(45)37(50)44-31)42-38(51)39(17-5-18-39)27-10-12-28(40)13-11-27/h8-15,24-25,29,31-33,46H,4-7,16-23H2,1-3H3,(H,41,49)(H,42,51)(H,43,47)(H,44,50)/t25-,29-,31+,32+,33+/m1/s1. The third kappa shape index (κ3) is 9.61. The lowest BCUT2D eigenvalue weighted by Crippen LogP contribution is -2.52. The van der Waals surface area contributed by atoms with E-state index in [0.29, 0.717) is 30.7 Å². The molecule has 3 aliphatic rings. The molecule has 0 unspecified atom stereocenters. The molecule has 0 spiro atoms. The summed E-state index contributed by atoms with van der Waals surface area (Å²) in [5.74, 6) is -0.946. The molecule has 51 heavy (non-hydrogen) atoms. The van der Waals surface area contributed by atoms with E-state index in [2.05, 4.69) is 21.3 Å². The number of hydrogen-bond donors (Lipinski definition) is 5. The van der Waals surface area contributed by atoms with E-state index in [1.165, 1.54) is 0 Å². The summed E-state index contributed by atoms with van der Waals surface area (Å²) in [5, 5.41) is 22.5. The number of phenolic OH excluding ortho intramolecular Hbond substituents is 1. The molecule has 12 heteroatoms. The number of carbonyl (C=O) groups excluding carboxylic acids is 5. The van der Waals surface area contributed by atoms with Crippen LogP contribution in [0.4, 0.5) is 0 Å². The Morgan fingerprint density at radius 2 is 1.69 bits per heavy atom. The van der Waals surface area contributed by atoms with Gasteiger partial charge in [0.15, 0.2) is 0 Å². The SMILES string of the molecule is CC(C)[C@@H]1CC[C@@H](C)CC(=O)N[C@@H](Cc2ccc(O)cc2)C(=O)NCCCC(=O)N2C[C@H](NC(=O)C3(c4ccc(Cl)cc4)CCC3)C[C@H]2C(=O)N1. The maximum Gasteiger partial charge on any atom is 0.243 e. The van der Waals surface area contributed by atoms with E-state index < -0.39 is 23.5 Å². The molecule has 5 N–H and O–H groups in total. The van der Waals surface area contributed by atoms with Crippen LogP contribution in [0.15, 0.2) is 48.5 Å². The number of fused-ring (bicyclic) bond motifs is 1. The summed E-state index contributed by atoms with van der Waals surface area (Å²) in [5.41, 5.74) is 1.04. The van der Waals surface area contributed by atoms with Gasteiger partial charge in [0.2, 0.25) is 29.5 Å². The predicted molar refractivity (Wildman–Crippen MR) is 195 cm³/mol. The first kappa shape index (κ1) is 38.1. The molecule has 0 aromatic heterocycles. The number of phenols is 1. The van der Waals surface area contributed by atoms with Crippen molar-refractivity contribution in [1.29, 1.82) is 0 Å². The molecule has 2 heterocycles. The Balaban J connectivity index is 1.31. The Morgan fingerprint density at radius 1 is 0.980 bits per heavy atom. The van der Waals surface area contributed by atoms with Crippen LogP contribution in [0.3, 0.4) is 0 Å². The number of hydrogen-bond acceptors (Lipinski definition) is 6. The largest absolute Gasteiger partial charge is 0.508 e. The monoisotopic (exact) mass is 721 g/mol. The summed E-state index contributed by atoms with van der Waals surface area (Å²) in [6.45, 7) is 6.48. The molecule has 5 rings (SSSR count). The molecule has 5 amide bonds. The fourth-order valence-corrected chi connectivity index (χ4v) is 7.64. The minimum absolute atomic E-state index is 0.0111. The number of benzene rings is 2. The van der Waals surface area contributed by atoms with Crippen molar-refractivity contribution in [2.75, 3.05) is 13.1 Å². The third-order valence-electron chi connectivity index (χ3n) is 10.8. The molecule has 2 aromatic carbocycles. The molecule has 276 valence electrons. The van der Waals surface area contributed by atoms with Crippen LogP contribution in [-0.4, -0.2) is 76.8 Å². The van der Waals surface area contributed by atoms with Crippen molar-refractivity contribution in [2.24, 2.45) is 11.8 Å². The summed E-state index contributed by atoms with van der Waals surface area (Å²) in [4.78, 5) is 69.5. The maximum atomic E-state index is 13.9. The number of carbonyl (C=O) groups is 5. The Morgan fingerprint density at radius 3 is 2.33 bits per heavy atom. The van der Waals surface area contributed by atoms with E-state index in [1.807, 2.05) is 32.9 Å². The number of halogens is 1. The van der Waals surface area contributed by atoms with Crippen LogP contribution in [0, 0.1) is 11.8 Å². The second-order valence-electron chi connectivity index (χ2n) is 15.0. The quantitative estimate of drug-likeness (QED) is 0.302. The van der Waals surface area contributed by atoms with Crippen LogP contribution in [0.25, 0.3) is 0 Å². The lowest BCUT2D eigenvalue weighted by molar-refractivity contribution is -0.139. The minimum Gasteiger partial charge on any atom is -0.508 e. The normalized spacial score (nSPS) is 26.5. The molecule has 2 aromatic rings. The fraction of sp³-hybridized carbons (Fsp3) is 0.564. The molecule has 3 fully saturated rings. The van der Waals surface area contributed by atoms with Crippen LogP contribution in [-0.2, 0) is 35.8 Å². The summed E-state index contributed by atoms with van der Waals surface area (Å²) >= 11 is 6.13. The Bertz CT molecular complexity index is 1560. The zero-order chi connectivity index (χ0) is 36.7. The lowest BCUT2D eigenvalue weighted by Gasteiger charge is -2.41. The van der Waals surface area contributed by atoms with E-state index in [0.717, 1.165) is 30.4 Å². The molecular formula is C39H52ClN5O6. The van der Waals surface area contributed by atoms with E-state index in [4.69, 9.17) is 11.6 Å². The van der Waals surface area contributed by atoms with E-state index in [-0.39, 0.29) is 85.5 Å². The van der Waals surface area contributed by atoms with Gasteiger partial charge in [-0.25, -0.2) is 0 Å². The summed E-state index contributed by atoms with van der Waals surface area (Å²) < 4.78 is 0. The number of aromatic hydroxyl groups is 1.